The molecule has 6 aromatic heterocycles. The van der Waals surface area contributed by atoms with E-state index in [9.17, 15) is 39.5 Å². The van der Waals surface area contributed by atoms with Gasteiger partial charge in [-0.1, -0.05) is 190 Å². The van der Waals surface area contributed by atoms with Gasteiger partial charge in [0.1, 0.15) is 89.5 Å². The van der Waals surface area contributed by atoms with Crippen molar-refractivity contribution in [3.63, 3.8) is 0 Å². The molecule has 12 nitrogen and oxygen atoms in total. The van der Waals surface area contributed by atoms with Crippen LogP contribution in [0.25, 0.3) is 210 Å². The van der Waals surface area contributed by atoms with E-state index in [4.69, 9.17) is 19.9 Å². The van der Waals surface area contributed by atoms with Gasteiger partial charge in [-0.3, -0.25) is 0 Å². The Balaban J connectivity index is 0.000000109. The Hall–Kier alpha value is -17.9. The first-order valence-corrected chi connectivity index (χ1v) is 49.2. The standard InChI is InChI=1S/C29H27N2.4C20H15F2N2.C20H16FN2/c1-19(2)21-11-13-22(14-12-21)24-10-9-20(3)27(17-24)29-30-28-25(18-31(29)4)16-15-23-7-5-6-8-26(23)28;1-12-17(9-16(21)10-18(12)22)20-23-19-8-14-6-4-3-5-13(14)7-15(19)11-24(20)2;1-12-16(9-14(21)10-18(12)22)20-23-19-8-7-13-5-3-4-6-15(13)17(19)11-24(20)2;1-12-17(9-15(21)10-18(12)22)20-23-19-14(11-24(20)2)8-7-13-5-3-4-6-16(13)19;1-12-5-3-4-6-14(12)20-23-19-8-7-15-16(17(19)11-24(20)2)9-13(21)10-18(15)22;1-13-5-3-4-6-18(13)20-22-19-11-15-10-17(21)8-7-14(15)9-16(19)12-23(20)2/h5-19H,1-4H3;4*3-11H,1-2H3;3-12H,1-2H3/q6*+1. The van der Waals surface area contributed by atoms with E-state index in [0.717, 1.165) is 161 Å². The average molecular weight is 1990 g/mol. The Morgan fingerprint density at radius 1 is 0.200 bits per heavy atom. The maximum absolute atomic E-state index is 14.0. The van der Waals surface area contributed by atoms with Crippen molar-refractivity contribution in [2.24, 2.45) is 42.3 Å². The molecule has 0 aliphatic carbocycles. The number of halogens is 9. The lowest BCUT2D eigenvalue weighted by molar-refractivity contribution is -0.661. The van der Waals surface area contributed by atoms with Gasteiger partial charge in [0.15, 0.2) is 33.1 Å². The molecule has 0 amide bonds. The second kappa shape index (κ2) is 41.6. The molecule has 25 aromatic rings. The molecular formula is C129H103F9N12+6. The molecule has 6 heterocycles. The summed E-state index contributed by atoms with van der Waals surface area (Å²) in [5, 5.41) is 17.7. The summed E-state index contributed by atoms with van der Waals surface area (Å²) >= 11 is 0. The fourth-order valence-corrected chi connectivity index (χ4v) is 19.7. The molecule has 0 aliphatic heterocycles. The van der Waals surface area contributed by atoms with Crippen molar-refractivity contribution in [2.45, 2.75) is 61.3 Å². The maximum atomic E-state index is 14.0. The van der Waals surface area contributed by atoms with Crippen LogP contribution in [0.1, 0.15) is 58.7 Å². The number of hydrogen-bond donors (Lipinski definition) is 0. The smallest absolute Gasteiger partial charge is 0.232 e. The van der Waals surface area contributed by atoms with Crippen molar-refractivity contribution < 1.29 is 66.9 Å². The number of nitrogens with zero attached hydrogens (tertiary/aromatic N) is 12. The molecule has 0 aliphatic rings. The highest BCUT2D eigenvalue weighted by atomic mass is 19.2. The van der Waals surface area contributed by atoms with Gasteiger partial charge in [-0.05, 0) is 281 Å². The summed E-state index contributed by atoms with van der Waals surface area (Å²) in [7, 11) is 11.5. The number of hydrogen-bond acceptors (Lipinski definition) is 6. The lowest BCUT2D eigenvalue weighted by Crippen LogP contribution is -2.32. The van der Waals surface area contributed by atoms with Gasteiger partial charge in [-0.2, -0.15) is 0 Å². The van der Waals surface area contributed by atoms with Gasteiger partial charge in [0, 0.05) is 62.5 Å². The second-order valence-corrected chi connectivity index (χ2v) is 38.5. The summed E-state index contributed by atoms with van der Waals surface area (Å²) in [5.41, 5.74) is 18.3. The van der Waals surface area contributed by atoms with Crippen LogP contribution in [0, 0.1) is 93.9 Å². The SMILES string of the molecule is Cc1c(F)cc(F)cc1-c1nc2c(ccc3ccccc32)c[n+]1C.Cc1c(F)cc(F)cc1-c1nc2cc3ccccc3cc2c[n+]1C.Cc1c(F)cc(F)cc1-c1nc2ccc3ccccc3c2c[n+]1C.Cc1ccc(-c2ccc(C(C)C)cc2)cc1-c1nc2c(ccc3ccccc32)c[n+]1C.Cc1ccccc1-c1nc2cc3cc(F)ccc3cc2c[n+]1C.Cc1ccccc1-c1nc2ccc3c(F)cc(F)cc3c2c[n+]1C. The maximum Gasteiger partial charge on any atom is 0.331 e. The molecule has 0 bridgehead atoms. The Kier molecular flexibility index (Phi) is 27.6. The fraction of sp³-hybridized carbons (Fsp3) is 0.116. The van der Waals surface area contributed by atoms with E-state index < -0.39 is 46.5 Å². The molecule has 0 saturated heterocycles. The zero-order valence-electron chi connectivity index (χ0n) is 85.0. The van der Waals surface area contributed by atoms with Crippen LogP contribution < -0.4 is 27.4 Å². The predicted octanol–water partition coefficient (Wildman–Crippen LogP) is 29.2. The van der Waals surface area contributed by atoms with Gasteiger partial charge in [-0.25, -0.2) is 66.9 Å². The number of aryl methyl sites for hydroxylation is 9. The topological polar surface area (TPSA) is 101 Å². The molecule has 25 rings (SSSR count). The van der Waals surface area contributed by atoms with Crippen LogP contribution in [0.4, 0.5) is 39.5 Å². The van der Waals surface area contributed by atoms with Crippen LogP contribution >= 0.6 is 0 Å². The monoisotopic (exact) mass is 1990 g/mol. The van der Waals surface area contributed by atoms with Crippen molar-refractivity contribution in [2.75, 3.05) is 0 Å². The van der Waals surface area contributed by atoms with Crippen LogP contribution in [0.3, 0.4) is 0 Å². The lowest BCUT2D eigenvalue weighted by Gasteiger charge is -2.10. The summed E-state index contributed by atoms with van der Waals surface area (Å²) in [5.74, 6) is -0.00991. The highest BCUT2D eigenvalue weighted by Crippen LogP contribution is 2.38. The minimum Gasteiger partial charge on any atom is -0.232 e. The Morgan fingerprint density at radius 2 is 0.540 bits per heavy atom. The van der Waals surface area contributed by atoms with Crippen LogP contribution in [0.5, 0.6) is 0 Å². The first-order chi connectivity index (χ1) is 72.3. The highest BCUT2D eigenvalue weighted by molar-refractivity contribution is 6.09. The first kappa shape index (κ1) is 99.5. The van der Waals surface area contributed by atoms with Gasteiger partial charge in [0.2, 0.25) is 0 Å². The largest absolute Gasteiger partial charge is 0.331 e. The molecule has 0 radical (unpaired) electrons. The van der Waals surface area contributed by atoms with E-state index in [-0.39, 0.29) is 5.82 Å². The Labute approximate surface area is 860 Å². The molecule has 0 saturated carbocycles. The molecular weight excluding hydrogens is 1890 g/mol. The molecule has 736 valence electrons. The minimum atomic E-state index is -0.604. The van der Waals surface area contributed by atoms with E-state index in [2.05, 4.69) is 177 Å². The van der Waals surface area contributed by atoms with Gasteiger partial charge in [-0.15, -0.1) is 0 Å². The Morgan fingerprint density at radius 3 is 1.03 bits per heavy atom. The summed E-state index contributed by atoms with van der Waals surface area (Å²) in [6, 6.07) is 102. The van der Waals surface area contributed by atoms with E-state index in [1.54, 1.807) is 54.2 Å². The molecule has 19 aromatic carbocycles. The molecule has 21 heteroatoms. The molecule has 0 spiro atoms. The van der Waals surface area contributed by atoms with E-state index >= 15 is 0 Å². The number of aromatic nitrogens is 12. The van der Waals surface area contributed by atoms with Gasteiger partial charge < -0.3 is 0 Å². The van der Waals surface area contributed by atoms with Crippen LogP contribution in [-0.2, 0) is 42.3 Å². The van der Waals surface area contributed by atoms with Crippen molar-refractivity contribution in [1.82, 2.24) is 29.9 Å². The van der Waals surface area contributed by atoms with Crippen molar-refractivity contribution in [3.05, 3.63) is 456 Å². The minimum absolute atomic E-state index is 0.225. The van der Waals surface area contributed by atoms with E-state index in [1.165, 1.54) is 74.5 Å². The summed E-state index contributed by atoms with van der Waals surface area (Å²) in [6.07, 6.45) is 12.0. The summed E-state index contributed by atoms with van der Waals surface area (Å²) < 4.78 is 135. The van der Waals surface area contributed by atoms with Gasteiger partial charge in [0.25, 0.3) is 0 Å². The normalized spacial score (nSPS) is 11.4. The zero-order valence-corrected chi connectivity index (χ0v) is 85.0. The van der Waals surface area contributed by atoms with Crippen molar-refractivity contribution in [3.8, 4) is 79.5 Å². The second-order valence-electron chi connectivity index (χ2n) is 38.5. The molecule has 0 unspecified atom stereocenters. The summed E-state index contributed by atoms with van der Waals surface area (Å²) in [4.78, 5) is 28.8. The zero-order chi connectivity index (χ0) is 105. The number of benzene rings is 19. The molecule has 0 fully saturated rings. The number of fused-ring (bicyclic) bond motifs is 16. The third kappa shape index (κ3) is 20.2. The van der Waals surface area contributed by atoms with Crippen LogP contribution in [-0.4, -0.2) is 29.9 Å². The van der Waals surface area contributed by atoms with E-state index in [1.807, 2.05) is 214 Å². The van der Waals surface area contributed by atoms with Gasteiger partial charge in [0.05, 0.1) is 108 Å². The molecule has 0 N–H and O–H groups in total. The predicted molar refractivity (Wildman–Crippen MR) is 583 cm³/mol. The number of rotatable bonds is 8. The van der Waals surface area contributed by atoms with E-state index in [0.29, 0.717) is 73.1 Å². The molecule has 0 atom stereocenters. The Bertz CT molecular complexity index is 9660. The third-order valence-electron chi connectivity index (χ3n) is 27.9. The highest BCUT2D eigenvalue weighted by Gasteiger charge is 2.29. The van der Waals surface area contributed by atoms with Crippen molar-refractivity contribution in [1.29, 1.82) is 0 Å². The van der Waals surface area contributed by atoms with Crippen molar-refractivity contribution >= 4 is 130 Å². The van der Waals surface area contributed by atoms with Crippen LogP contribution in [0.2, 0.25) is 0 Å². The average Bonchev–Trinajstić information content (AvgIpc) is 0.773. The molecule has 150 heavy (non-hydrogen) atoms. The summed E-state index contributed by atoms with van der Waals surface area (Å²) in [6.45, 7) is 15.6. The van der Waals surface area contributed by atoms with Crippen LogP contribution in [0.15, 0.2) is 365 Å². The quantitative estimate of drug-likeness (QED) is 0.0650. The fourth-order valence-electron chi connectivity index (χ4n) is 19.7. The lowest BCUT2D eigenvalue weighted by atomic mass is 9.96. The van der Waals surface area contributed by atoms with Gasteiger partial charge >= 0.3 is 34.9 Å². The first-order valence-electron chi connectivity index (χ1n) is 49.2. The third-order valence-corrected chi connectivity index (χ3v) is 27.9.